The highest BCUT2D eigenvalue weighted by atomic mass is 32.2. The van der Waals surface area contributed by atoms with Crippen LogP contribution in [-0.4, -0.2) is 25.2 Å². The lowest BCUT2D eigenvalue weighted by molar-refractivity contribution is -0.137. The van der Waals surface area contributed by atoms with Gasteiger partial charge in [-0.15, -0.1) is 0 Å². The van der Waals surface area contributed by atoms with Gasteiger partial charge in [0.2, 0.25) is 15.9 Å². The standard InChI is InChI=1S/C23H21F3N2O3S/c1-17-10-12-18(13-11-17)15-28(32(30,31)21-8-3-2-4-9-21)16-22(29)27-20-7-5-6-19(14-20)23(24,25)26/h2-14H,15-16H2,1H3,(H,27,29). The Kier molecular flexibility index (Phi) is 7.00. The van der Waals surface area contributed by atoms with Gasteiger partial charge in [-0.1, -0.05) is 54.1 Å². The lowest BCUT2D eigenvalue weighted by Gasteiger charge is -2.22. The third kappa shape index (κ3) is 5.95. The van der Waals surface area contributed by atoms with Crippen LogP contribution in [0.2, 0.25) is 0 Å². The summed E-state index contributed by atoms with van der Waals surface area (Å²) in [5.74, 6) is -0.754. The SMILES string of the molecule is Cc1ccc(CN(CC(=O)Nc2cccc(C(F)(F)F)c2)S(=O)(=O)c2ccccc2)cc1. The number of halogens is 3. The van der Waals surface area contributed by atoms with Crippen LogP contribution in [0.15, 0.2) is 83.8 Å². The largest absolute Gasteiger partial charge is 0.416 e. The van der Waals surface area contributed by atoms with Gasteiger partial charge in [0, 0.05) is 12.2 Å². The van der Waals surface area contributed by atoms with Crippen LogP contribution >= 0.6 is 0 Å². The second-order valence-corrected chi connectivity index (χ2v) is 9.14. The lowest BCUT2D eigenvalue weighted by Crippen LogP contribution is -2.37. The van der Waals surface area contributed by atoms with Gasteiger partial charge in [0.15, 0.2) is 0 Å². The summed E-state index contributed by atoms with van der Waals surface area (Å²) in [6, 6.07) is 19.0. The Morgan fingerprint density at radius 3 is 2.22 bits per heavy atom. The predicted octanol–water partition coefficient (Wildman–Crippen LogP) is 4.84. The summed E-state index contributed by atoms with van der Waals surface area (Å²) >= 11 is 0. The van der Waals surface area contributed by atoms with Gasteiger partial charge in [-0.05, 0) is 42.8 Å². The molecule has 0 spiro atoms. The van der Waals surface area contributed by atoms with E-state index in [1.807, 2.05) is 19.1 Å². The average Bonchev–Trinajstić information content (AvgIpc) is 2.75. The number of carbonyl (C=O) groups is 1. The van der Waals surface area contributed by atoms with E-state index in [9.17, 15) is 26.4 Å². The molecule has 0 fully saturated rings. The molecule has 0 aliphatic rings. The number of hydrogen-bond donors (Lipinski definition) is 1. The molecule has 0 unspecified atom stereocenters. The smallest absolute Gasteiger partial charge is 0.325 e. The van der Waals surface area contributed by atoms with Crippen molar-refractivity contribution in [1.82, 2.24) is 4.31 Å². The van der Waals surface area contributed by atoms with Crippen molar-refractivity contribution >= 4 is 21.6 Å². The summed E-state index contributed by atoms with van der Waals surface area (Å²) in [6.45, 7) is 1.25. The normalized spacial score (nSPS) is 12.0. The fourth-order valence-electron chi connectivity index (χ4n) is 3.00. The number of carbonyl (C=O) groups excluding carboxylic acids is 1. The van der Waals surface area contributed by atoms with E-state index in [-0.39, 0.29) is 17.1 Å². The van der Waals surface area contributed by atoms with E-state index >= 15 is 0 Å². The van der Waals surface area contributed by atoms with E-state index in [1.165, 1.54) is 24.3 Å². The maximum Gasteiger partial charge on any atom is 0.416 e. The van der Waals surface area contributed by atoms with E-state index < -0.39 is 34.2 Å². The maximum atomic E-state index is 13.2. The van der Waals surface area contributed by atoms with Gasteiger partial charge in [0.25, 0.3) is 0 Å². The van der Waals surface area contributed by atoms with Gasteiger partial charge in [-0.3, -0.25) is 4.79 Å². The molecule has 0 aromatic heterocycles. The number of benzene rings is 3. The molecule has 9 heteroatoms. The first-order valence-corrected chi connectivity index (χ1v) is 11.1. The van der Waals surface area contributed by atoms with Crippen molar-refractivity contribution in [2.75, 3.05) is 11.9 Å². The molecule has 0 bridgehead atoms. The third-order valence-electron chi connectivity index (χ3n) is 4.65. The molecular formula is C23H21F3N2O3S. The minimum Gasteiger partial charge on any atom is -0.325 e. The topological polar surface area (TPSA) is 66.5 Å². The summed E-state index contributed by atoms with van der Waals surface area (Å²) in [5, 5.41) is 2.36. The number of nitrogens with zero attached hydrogens (tertiary/aromatic N) is 1. The summed E-state index contributed by atoms with van der Waals surface area (Å²) in [4.78, 5) is 12.6. The van der Waals surface area contributed by atoms with Gasteiger partial charge in [0.1, 0.15) is 0 Å². The van der Waals surface area contributed by atoms with E-state index in [2.05, 4.69) is 5.32 Å². The first-order valence-electron chi connectivity index (χ1n) is 9.63. The molecule has 3 aromatic carbocycles. The fraction of sp³-hybridized carbons (Fsp3) is 0.174. The number of amides is 1. The van der Waals surface area contributed by atoms with Crippen LogP contribution in [0.5, 0.6) is 0 Å². The van der Waals surface area contributed by atoms with Crippen molar-refractivity contribution in [3.05, 3.63) is 95.6 Å². The number of sulfonamides is 1. The van der Waals surface area contributed by atoms with Crippen LogP contribution in [0.1, 0.15) is 16.7 Å². The zero-order valence-electron chi connectivity index (χ0n) is 17.1. The van der Waals surface area contributed by atoms with Crippen LogP contribution in [0, 0.1) is 6.92 Å². The third-order valence-corrected chi connectivity index (χ3v) is 6.46. The minimum absolute atomic E-state index is 0.0129. The molecule has 3 rings (SSSR count). The molecule has 0 radical (unpaired) electrons. The second-order valence-electron chi connectivity index (χ2n) is 7.20. The van der Waals surface area contributed by atoms with Gasteiger partial charge in [-0.2, -0.15) is 17.5 Å². The molecule has 32 heavy (non-hydrogen) atoms. The first kappa shape index (κ1) is 23.5. The quantitative estimate of drug-likeness (QED) is 0.546. The van der Waals surface area contributed by atoms with Crippen molar-refractivity contribution in [3.8, 4) is 0 Å². The van der Waals surface area contributed by atoms with Crippen LogP contribution in [0.4, 0.5) is 18.9 Å². The molecular weight excluding hydrogens is 441 g/mol. The number of alkyl halides is 3. The fourth-order valence-corrected chi connectivity index (χ4v) is 4.40. The number of hydrogen-bond acceptors (Lipinski definition) is 3. The Hall–Kier alpha value is -3.17. The highest BCUT2D eigenvalue weighted by molar-refractivity contribution is 7.89. The molecule has 5 nitrogen and oxygen atoms in total. The van der Waals surface area contributed by atoms with E-state index in [1.54, 1.807) is 30.3 Å². The highest BCUT2D eigenvalue weighted by Crippen LogP contribution is 2.30. The molecule has 168 valence electrons. The summed E-state index contributed by atoms with van der Waals surface area (Å²) in [6.07, 6.45) is -4.56. The number of anilines is 1. The van der Waals surface area contributed by atoms with Gasteiger partial charge in [-0.25, -0.2) is 8.42 Å². The predicted molar refractivity (Wildman–Crippen MR) is 115 cm³/mol. The number of aryl methyl sites for hydroxylation is 1. The lowest BCUT2D eigenvalue weighted by atomic mass is 10.1. The van der Waals surface area contributed by atoms with Crippen LogP contribution in [0.3, 0.4) is 0 Å². The monoisotopic (exact) mass is 462 g/mol. The van der Waals surface area contributed by atoms with Crippen molar-refractivity contribution < 1.29 is 26.4 Å². The Bertz CT molecular complexity index is 1180. The van der Waals surface area contributed by atoms with Gasteiger partial charge < -0.3 is 5.32 Å². The second kappa shape index (κ2) is 9.54. The summed E-state index contributed by atoms with van der Waals surface area (Å²) < 4.78 is 66.1. The molecule has 0 aliphatic heterocycles. The Morgan fingerprint density at radius 2 is 1.59 bits per heavy atom. The average molecular weight is 462 g/mol. The van der Waals surface area contributed by atoms with Gasteiger partial charge in [0.05, 0.1) is 17.0 Å². The van der Waals surface area contributed by atoms with E-state index in [0.717, 1.165) is 22.0 Å². The minimum atomic E-state index is -4.56. The molecule has 0 aliphatic carbocycles. The zero-order chi connectivity index (χ0) is 23.4. The molecule has 0 heterocycles. The molecule has 1 amide bonds. The van der Waals surface area contributed by atoms with Crippen LogP contribution < -0.4 is 5.32 Å². The maximum absolute atomic E-state index is 13.2. The molecule has 3 aromatic rings. The zero-order valence-corrected chi connectivity index (χ0v) is 18.0. The molecule has 0 saturated heterocycles. The Balaban J connectivity index is 1.85. The van der Waals surface area contributed by atoms with E-state index in [0.29, 0.717) is 5.56 Å². The summed E-state index contributed by atoms with van der Waals surface area (Å²) in [7, 11) is -4.04. The molecule has 0 saturated carbocycles. The van der Waals surface area contributed by atoms with E-state index in [4.69, 9.17) is 0 Å². The first-order chi connectivity index (χ1) is 15.1. The Morgan fingerprint density at radius 1 is 0.938 bits per heavy atom. The van der Waals surface area contributed by atoms with Gasteiger partial charge >= 0.3 is 6.18 Å². The summed E-state index contributed by atoms with van der Waals surface area (Å²) in [5.41, 5.74) is 0.677. The van der Waals surface area contributed by atoms with Crippen molar-refractivity contribution in [3.63, 3.8) is 0 Å². The van der Waals surface area contributed by atoms with Crippen LogP contribution in [-0.2, 0) is 27.5 Å². The van der Waals surface area contributed by atoms with Crippen molar-refractivity contribution in [2.24, 2.45) is 0 Å². The van der Waals surface area contributed by atoms with Crippen LogP contribution in [0.25, 0.3) is 0 Å². The number of rotatable bonds is 7. The Labute approximate surface area is 184 Å². The number of nitrogens with one attached hydrogen (secondary N) is 1. The van der Waals surface area contributed by atoms with Crippen molar-refractivity contribution in [1.29, 1.82) is 0 Å². The molecule has 0 atom stereocenters. The highest BCUT2D eigenvalue weighted by Gasteiger charge is 2.31. The molecule has 1 N–H and O–H groups in total. The van der Waals surface area contributed by atoms with Crippen molar-refractivity contribution in [2.45, 2.75) is 24.5 Å².